The van der Waals surface area contributed by atoms with Gasteiger partial charge < -0.3 is 5.73 Å². The molecule has 0 atom stereocenters. The van der Waals surface area contributed by atoms with Crippen molar-refractivity contribution in [1.82, 2.24) is 4.72 Å². The summed E-state index contributed by atoms with van der Waals surface area (Å²) in [5, 5.41) is 10.7. The molecule has 7 nitrogen and oxygen atoms in total. The predicted octanol–water partition coefficient (Wildman–Crippen LogP) is 0.394. The van der Waals surface area contributed by atoms with Crippen LogP contribution in [0.1, 0.15) is 12.5 Å². The molecule has 3 N–H and O–H groups in total. The standard InChI is InChI=1S/C10H15N3O4S/c1-2-8-3-4-9(13(14)15)7-10(8)18(16,17)12-6-5-11/h3-4,7,12H,2,5-6,11H2,1H3. The third-order valence-electron chi connectivity index (χ3n) is 2.37. The summed E-state index contributed by atoms with van der Waals surface area (Å²) in [6.45, 7) is 2.03. The van der Waals surface area contributed by atoms with Crippen molar-refractivity contribution in [3.05, 3.63) is 33.9 Å². The van der Waals surface area contributed by atoms with Crippen molar-refractivity contribution < 1.29 is 13.3 Å². The van der Waals surface area contributed by atoms with Crippen LogP contribution in [0.2, 0.25) is 0 Å². The Bertz CT molecular complexity index is 542. The van der Waals surface area contributed by atoms with E-state index in [1.54, 1.807) is 6.92 Å². The highest BCUT2D eigenvalue weighted by Gasteiger charge is 2.20. The first kappa shape index (κ1) is 14.6. The molecule has 0 amide bonds. The van der Waals surface area contributed by atoms with E-state index in [9.17, 15) is 18.5 Å². The minimum absolute atomic E-state index is 0.0624. The van der Waals surface area contributed by atoms with Crippen molar-refractivity contribution in [2.24, 2.45) is 5.73 Å². The Morgan fingerprint density at radius 3 is 2.61 bits per heavy atom. The number of sulfonamides is 1. The predicted molar refractivity (Wildman–Crippen MR) is 66.7 cm³/mol. The summed E-state index contributed by atoms with van der Waals surface area (Å²) in [4.78, 5) is 9.98. The van der Waals surface area contributed by atoms with Crippen LogP contribution >= 0.6 is 0 Å². The van der Waals surface area contributed by atoms with Crippen molar-refractivity contribution in [3.63, 3.8) is 0 Å². The number of rotatable bonds is 6. The number of nitro groups is 1. The minimum atomic E-state index is -3.76. The number of benzene rings is 1. The van der Waals surface area contributed by atoms with E-state index in [1.807, 2.05) is 0 Å². The molecule has 1 aromatic carbocycles. The van der Waals surface area contributed by atoms with Crippen molar-refractivity contribution >= 4 is 15.7 Å². The molecule has 100 valence electrons. The summed E-state index contributed by atoms with van der Waals surface area (Å²) in [6, 6.07) is 3.81. The van der Waals surface area contributed by atoms with E-state index in [-0.39, 0.29) is 23.7 Å². The molecular weight excluding hydrogens is 258 g/mol. The maximum Gasteiger partial charge on any atom is 0.270 e. The number of nitrogens with zero attached hydrogens (tertiary/aromatic N) is 1. The van der Waals surface area contributed by atoms with Gasteiger partial charge in [-0.1, -0.05) is 13.0 Å². The maximum absolute atomic E-state index is 12.0. The van der Waals surface area contributed by atoms with Crippen LogP contribution < -0.4 is 10.5 Å². The zero-order chi connectivity index (χ0) is 13.8. The van der Waals surface area contributed by atoms with Crippen molar-refractivity contribution in [1.29, 1.82) is 0 Å². The van der Waals surface area contributed by atoms with Gasteiger partial charge in [0.15, 0.2) is 0 Å². The fourth-order valence-corrected chi connectivity index (χ4v) is 2.85. The molecule has 0 aliphatic carbocycles. The third-order valence-corrected chi connectivity index (χ3v) is 3.91. The lowest BCUT2D eigenvalue weighted by Crippen LogP contribution is -2.29. The van der Waals surface area contributed by atoms with Gasteiger partial charge in [-0.15, -0.1) is 0 Å². The second-order valence-electron chi connectivity index (χ2n) is 3.59. The van der Waals surface area contributed by atoms with E-state index in [1.165, 1.54) is 12.1 Å². The highest BCUT2D eigenvalue weighted by atomic mass is 32.2. The molecule has 0 bridgehead atoms. The summed E-state index contributed by atoms with van der Waals surface area (Å²) < 4.78 is 26.2. The normalized spacial score (nSPS) is 11.4. The molecule has 0 unspecified atom stereocenters. The molecule has 0 heterocycles. The highest BCUT2D eigenvalue weighted by molar-refractivity contribution is 7.89. The Morgan fingerprint density at radius 2 is 2.11 bits per heavy atom. The van der Waals surface area contributed by atoms with Gasteiger partial charge in [-0.05, 0) is 12.0 Å². The summed E-state index contributed by atoms with van der Waals surface area (Å²) in [5.74, 6) is 0. The van der Waals surface area contributed by atoms with Crippen LogP contribution in [-0.2, 0) is 16.4 Å². The first-order valence-electron chi connectivity index (χ1n) is 5.39. The quantitative estimate of drug-likeness (QED) is 0.574. The Kier molecular flexibility index (Phi) is 4.76. The average molecular weight is 273 g/mol. The van der Waals surface area contributed by atoms with Crippen molar-refractivity contribution in [2.45, 2.75) is 18.2 Å². The molecular formula is C10H15N3O4S. The van der Waals surface area contributed by atoms with Crippen LogP contribution in [0.5, 0.6) is 0 Å². The summed E-state index contributed by atoms with van der Waals surface area (Å²) >= 11 is 0. The van der Waals surface area contributed by atoms with Gasteiger partial charge in [0.1, 0.15) is 0 Å². The first-order chi connectivity index (χ1) is 8.42. The Morgan fingerprint density at radius 1 is 1.44 bits per heavy atom. The van der Waals surface area contributed by atoms with E-state index < -0.39 is 14.9 Å². The first-order valence-corrected chi connectivity index (χ1v) is 6.87. The lowest BCUT2D eigenvalue weighted by molar-refractivity contribution is -0.385. The van der Waals surface area contributed by atoms with Crippen LogP contribution in [0.4, 0.5) is 5.69 Å². The number of aryl methyl sites for hydroxylation is 1. The Labute approximate surface area is 105 Å². The molecule has 0 saturated heterocycles. The Balaban J connectivity index is 3.27. The van der Waals surface area contributed by atoms with Gasteiger partial charge in [-0.3, -0.25) is 10.1 Å². The second kappa shape index (κ2) is 5.89. The van der Waals surface area contributed by atoms with Gasteiger partial charge in [0, 0.05) is 25.2 Å². The number of hydrogen-bond donors (Lipinski definition) is 2. The minimum Gasteiger partial charge on any atom is -0.329 e. The average Bonchev–Trinajstić information content (AvgIpc) is 2.35. The zero-order valence-electron chi connectivity index (χ0n) is 9.92. The molecule has 1 rings (SSSR count). The molecule has 0 aliphatic rings. The van der Waals surface area contributed by atoms with Crippen LogP contribution in [0.15, 0.2) is 23.1 Å². The number of nitro benzene ring substituents is 1. The molecule has 0 spiro atoms. The highest BCUT2D eigenvalue weighted by Crippen LogP contribution is 2.22. The molecule has 8 heteroatoms. The van der Waals surface area contributed by atoms with Crippen LogP contribution in [0, 0.1) is 10.1 Å². The fourth-order valence-electron chi connectivity index (χ4n) is 1.47. The van der Waals surface area contributed by atoms with Crippen molar-refractivity contribution in [2.75, 3.05) is 13.1 Å². The van der Waals surface area contributed by atoms with Gasteiger partial charge in [-0.2, -0.15) is 0 Å². The van der Waals surface area contributed by atoms with E-state index in [2.05, 4.69) is 4.72 Å². The van der Waals surface area contributed by atoms with E-state index in [0.717, 1.165) is 6.07 Å². The molecule has 18 heavy (non-hydrogen) atoms. The van der Waals surface area contributed by atoms with Gasteiger partial charge in [0.2, 0.25) is 10.0 Å². The fraction of sp³-hybridized carbons (Fsp3) is 0.400. The Hall–Kier alpha value is -1.51. The van der Waals surface area contributed by atoms with E-state index in [4.69, 9.17) is 5.73 Å². The smallest absolute Gasteiger partial charge is 0.270 e. The molecule has 0 fully saturated rings. The monoisotopic (exact) mass is 273 g/mol. The van der Waals surface area contributed by atoms with Crippen LogP contribution in [0.3, 0.4) is 0 Å². The summed E-state index contributed by atoms with van der Waals surface area (Å²) in [6.07, 6.45) is 0.469. The molecule has 0 aliphatic heterocycles. The lowest BCUT2D eigenvalue weighted by Gasteiger charge is -2.09. The van der Waals surface area contributed by atoms with E-state index >= 15 is 0 Å². The number of nitrogens with two attached hydrogens (primary N) is 1. The molecule has 0 radical (unpaired) electrons. The zero-order valence-corrected chi connectivity index (χ0v) is 10.7. The van der Waals surface area contributed by atoms with Gasteiger partial charge in [0.05, 0.1) is 9.82 Å². The topological polar surface area (TPSA) is 115 Å². The molecule has 0 saturated carbocycles. The lowest BCUT2D eigenvalue weighted by atomic mass is 10.1. The van der Waals surface area contributed by atoms with E-state index in [0.29, 0.717) is 12.0 Å². The SMILES string of the molecule is CCc1ccc([N+](=O)[O-])cc1S(=O)(=O)NCCN. The van der Waals surface area contributed by atoms with Crippen LogP contribution in [0.25, 0.3) is 0 Å². The largest absolute Gasteiger partial charge is 0.329 e. The second-order valence-corrected chi connectivity index (χ2v) is 5.32. The van der Waals surface area contributed by atoms with Gasteiger partial charge in [0.25, 0.3) is 5.69 Å². The summed E-state index contributed by atoms with van der Waals surface area (Å²) in [5.41, 5.74) is 5.51. The van der Waals surface area contributed by atoms with Crippen molar-refractivity contribution in [3.8, 4) is 0 Å². The molecule has 0 aromatic heterocycles. The third kappa shape index (κ3) is 3.25. The maximum atomic E-state index is 12.0. The summed E-state index contributed by atoms with van der Waals surface area (Å²) in [7, 11) is -3.76. The number of hydrogen-bond acceptors (Lipinski definition) is 5. The molecule has 1 aromatic rings. The number of nitrogens with one attached hydrogen (secondary N) is 1. The van der Waals surface area contributed by atoms with Gasteiger partial charge in [-0.25, -0.2) is 13.1 Å². The number of non-ortho nitro benzene ring substituents is 1. The van der Waals surface area contributed by atoms with Crippen LogP contribution in [-0.4, -0.2) is 26.4 Å². The van der Waals surface area contributed by atoms with Gasteiger partial charge >= 0.3 is 0 Å².